The lowest BCUT2D eigenvalue weighted by Gasteiger charge is -2.24. The summed E-state index contributed by atoms with van der Waals surface area (Å²) in [6.45, 7) is 1.73. The molecule has 0 radical (unpaired) electrons. The van der Waals surface area contributed by atoms with Crippen molar-refractivity contribution in [2.75, 3.05) is 30.8 Å². The fourth-order valence-electron chi connectivity index (χ4n) is 1.96. The minimum Gasteiger partial charge on any atom is -0.399 e. The van der Waals surface area contributed by atoms with Crippen molar-refractivity contribution in [3.63, 3.8) is 0 Å². The fraction of sp³-hybridized carbons (Fsp3) is 0.417. The van der Waals surface area contributed by atoms with Crippen LogP contribution in [0.15, 0.2) is 24.3 Å². The Morgan fingerprint density at radius 2 is 2.06 bits per heavy atom. The number of hydrogen-bond donors (Lipinski definition) is 1. The van der Waals surface area contributed by atoms with Crippen LogP contribution in [0.4, 0.5) is 16.2 Å². The summed E-state index contributed by atoms with van der Waals surface area (Å²) in [5, 5.41) is 0. The molecule has 1 aromatic carbocycles. The van der Waals surface area contributed by atoms with E-state index in [9.17, 15) is 4.79 Å². The number of anilines is 2. The Morgan fingerprint density at radius 3 is 2.69 bits per heavy atom. The van der Waals surface area contributed by atoms with Gasteiger partial charge in [-0.25, -0.2) is 4.79 Å². The molecule has 1 saturated heterocycles. The molecule has 0 saturated carbocycles. The lowest BCUT2D eigenvalue weighted by Crippen LogP contribution is -2.39. The molecular weight excluding hydrogens is 202 g/mol. The quantitative estimate of drug-likeness (QED) is 0.734. The van der Waals surface area contributed by atoms with E-state index in [1.807, 2.05) is 29.2 Å². The van der Waals surface area contributed by atoms with E-state index < -0.39 is 0 Å². The Labute approximate surface area is 95.6 Å². The highest BCUT2D eigenvalue weighted by molar-refractivity contribution is 5.92. The molecule has 2 amide bonds. The van der Waals surface area contributed by atoms with Crippen LogP contribution in [0.3, 0.4) is 0 Å². The number of nitrogens with two attached hydrogens (primary N) is 1. The van der Waals surface area contributed by atoms with Gasteiger partial charge in [0.2, 0.25) is 0 Å². The molecule has 0 unspecified atom stereocenters. The van der Waals surface area contributed by atoms with E-state index in [4.69, 9.17) is 5.73 Å². The third-order valence-corrected chi connectivity index (χ3v) is 2.92. The van der Waals surface area contributed by atoms with Gasteiger partial charge in [-0.3, -0.25) is 4.90 Å². The monoisotopic (exact) mass is 219 g/mol. The number of benzene rings is 1. The molecule has 4 nitrogen and oxygen atoms in total. The summed E-state index contributed by atoms with van der Waals surface area (Å²) >= 11 is 0. The summed E-state index contributed by atoms with van der Waals surface area (Å²) < 4.78 is 0. The predicted molar refractivity (Wildman–Crippen MR) is 65.5 cm³/mol. The minimum absolute atomic E-state index is 0.0584. The summed E-state index contributed by atoms with van der Waals surface area (Å²) in [4.78, 5) is 15.6. The number of nitrogens with zero attached hydrogens (tertiary/aromatic N) is 2. The molecular formula is C12H17N3O. The summed E-state index contributed by atoms with van der Waals surface area (Å²) in [6, 6.07) is 7.44. The van der Waals surface area contributed by atoms with Gasteiger partial charge in [0.25, 0.3) is 0 Å². The first-order chi connectivity index (χ1) is 7.68. The molecule has 86 valence electrons. The second-order valence-corrected chi connectivity index (χ2v) is 4.13. The van der Waals surface area contributed by atoms with E-state index in [0.717, 1.165) is 31.6 Å². The molecule has 1 fully saturated rings. The van der Waals surface area contributed by atoms with Crippen LogP contribution >= 0.6 is 0 Å². The van der Waals surface area contributed by atoms with Gasteiger partial charge in [0.05, 0.1) is 0 Å². The van der Waals surface area contributed by atoms with E-state index >= 15 is 0 Å². The van der Waals surface area contributed by atoms with Gasteiger partial charge in [0, 0.05) is 31.5 Å². The first kappa shape index (κ1) is 10.8. The Kier molecular flexibility index (Phi) is 2.99. The Hall–Kier alpha value is -1.71. The lowest BCUT2D eigenvalue weighted by molar-refractivity contribution is 0.217. The summed E-state index contributed by atoms with van der Waals surface area (Å²) in [5.74, 6) is 0. The van der Waals surface area contributed by atoms with E-state index in [0.29, 0.717) is 5.69 Å². The zero-order chi connectivity index (χ0) is 11.5. The zero-order valence-electron chi connectivity index (χ0n) is 9.52. The number of hydrogen-bond acceptors (Lipinski definition) is 2. The normalized spacial score (nSPS) is 15.2. The molecule has 2 rings (SSSR count). The van der Waals surface area contributed by atoms with Crippen LogP contribution < -0.4 is 10.6 Å². The van der Waals surface area contributed by atoms with Crippen LogP contribution in [0.2, 0.25) is 0 Å². The predicted octanol–water partition coefficient (Wildman–Crippen LogP) is 1.92. The van der Waals surface area contributed by atoms with E-state index in [-0.39, 0.29) is 6.03 Å². The number of carbonyl (C=O) groups excluding carboxylic acids is 1. The Morgan fingerprint density at radius 1 is 1.38 bits per heavy atom. The molecule has 2 N–H and O–H groups in total. The van der Waals surface area contributed by atoms with E-state index in [1.54, 1.807) is 11.9 Å². The summed E-state index contributed by atoms with van der Waals surface area (Å²) in [5.41, 5.74) is 7.22. The van der Waals surface area contributed by atoms with Crippen molar-refractivity contribution in [1.29, 1.82) is 0 Å². The van der Waals surface area contributed by atoms with Crippen LogP contribution in [0.5, 0.6) is 0 Å². The van der Waals surface area contributed by atoms with Crippen LogP contribution in [0.1, 0.15) is 12.8 Å². The standard InChI is InChI=1S/C12H17N3O/c1-14(11-6-4-5-10(13)9-11)12(16)15-7-2-3-8-15/h4-6,9H,2-3,7-8,13H2,1H3. The second kappa shape index (κ2) is 4.43. The number of rotatable bonds is 1. The lowest BCUT2D eigenvalue weighted by atomic mass is 10.2. The van der Waals surface area contributed by atoms with Crippen molar-refractivity contribution in [2.24, 2.45) is 0 Å². The van der Waals surface area contributed by atoms with Gasteiger partial charge in [-0.2, -0.15) is 0 Å². The number of amides is 2. The van der Waals surface area contributed by atoms with Crippen molar-refractivity contribution in [2.45, 2.75) is 12.8 Å². The number of nitrogen functional groups attached to an aromatic ring is 1. The number of urea groups is 1. The highest BCUT2D eigenvalue weighted by Crippen LogP contribution is 2.19. The SMILES string of the molecule is CN(C(=O)N1CCCC1)c1cccc(N)c1. The van der Waals surface area contributed by atoms with Crippen molar-refractivity contribution >= 4 is 17.4 Å². The largest absolute Gasteiger partial charge is 0.399 e. The van der Waals surface area contributed by atoms with Gasteiger partial charge in [0.15, 0.2) is 0 Å². The third-order valence-electron chi connectivity index (χ3n) is 2.92. The molecule has 1 aliphatic rings. The first-order valence-electron chi connectivity index (χ1n) is 5.56. The van der Waals surface area contributed by atoms with Gasteiger partial charge in [-0.05, 0) is 31.0 Å². The van der Waals surface area contributed by atoms with Crippen molar-refractivity contribution in [3.8, 4) is 0 Å². The highest BCUT2D eigenvalue weighted by atomic mass is 16.2. The topological polar surface area (TPSA) is 49.6 Å². The molecule has 16 heavy (non-hydrogen) atoms. The molecule has 1 heterocycles. The van der Waals surface area contributed by atoms with Crippen LogP contribution in [-0.2, 0) is 0 Å². The van der Waals surface area contributed by atoms with Crippen molar-refractivity contribution in [1.82, 2.24) is 4.90 Å². The maximum absolute atomic E-state index is 12.1. The van der Waals surface area contributed by atoms with Gasteiger partial charge in [-0.1, -0.05) is 6.07 Å². The van der Waals surface area contributed by atoms with Gasteiger partial charge >= 0.3 is 6.03 Å². The number of carbonyl (C=O) groups is 1. The van der Waals surface area contributed by atoms with E-state index in [2.05, 4.69) is 0 Å². The first-order valence-corrected chi connectivity index (χ1v) is 5.56. The fourth-order valence-corrected chi connectivity index (χ4v) is 1.96. The smallest absolute Gasteiger partial charge is 0.324 e. The van der Waals surface area contributed by atoms with Crippen LogP contribution in [0.25, 0.3) is 0 Å². The maximum atomic E-state index is 12.1. The summed E-state index contributed by atoms with van der Waals surface area (Å²) in [7, 11) is 1.79. The third kappa shape index (κ3) is 2.10. The van der Waals surface area contributed by atoms with Gasteiger partial charge < -0.3 is 10.6 Å². The van der Waals surface area contributed by atoms with E-state index in [1.165, 1.54) is 0 Å². The zero-order valence-corrected chi connectivity index (χ0v) is 9.52. The molecule has 0 aromatic heterocycles. The molecule has 0 atom stereocenters. The van der Waals surface area contributed by atoms with Gasteiger partial charge in [-0.15, -0.1) is 0 Å². The molecule has 0 bridgehead atoms. The van der Waals surface area contributed by atoms with Gasteiger partial charge in [0.1, 0.15) is 0 Å². The molecule has 4 heteroatoms. The minimum atomic E-state index is 0.0584. The molecule has 1 aliphatic heterocycles. The van der Waals surface area contributed by atoms with Crippen LogP contribution in [-0.4, -0.2) is 31.1 Å². The van der Waals surface area contributed by atoms with Crippen molar-refractivity contribution < 1.29 is 4.79 Å². The highest BCUT2D eigenvalue weighted by Gasteiger charge is 2.21. The van der Waals surface area contributed by atoms with Crippen LogP contribution in [0, 0.1) is 0 Å². The average Bonchev–Trinajstić information content (AvgIpc) is 2.80. The Balaban J connectivity index is 2.11. The number of likely N-dealkylation sites (tertiary alicyclic amines) is 1. The second-order valence-electron chi connectivity index (χ2n) is 4.13. The average molecular weight is 219 g/mol. The van der Waals surface area contributed by atoms with Crippen molar-refractivity contribution in [3.05, 3.63) is 24.3 Å². The summed E-state index contributed by atoms with van der Waals surface area (Å²) in [6.07, 6.45) is 2.22. The Bertz CT molecular complexity index is 386. The molecule has 1 aromatic rings. The maximum Gasteiger partial charge on any atom is 0.324 e. The molecule has 0 aliphatic carbocycles. The molecule has 0 spiro atoms.